The maximum Gasteiger partial charge on any atom is 0.260 e. The molecule has 7 nitrogen and oxygen atoms in total. The van der Waals surface area contributed by atoms with Crippen molar-refractivity contribution in [2.24, 2.45) is 0 Å². The Morgan fingerprint density at radius 1 is 1.08 bits per heavy atom. The number of benzene rings is 2. The van der Waals surface area contributed by atoms with Gasteiger partial charge < -0.3 is 15.7 Å². The molecule has 0 aliphatic heterocycles. The fourth-order valence-corrected chi connectivity index (χ4v) is 3.36. The molecular formula is C17H15Cl2N7. The van der Waals surface area contributed by atoms with Crippen LogP contribution in [-0.4, -0.2) is 24.9 Å². The Kier molecular flexibility index (Phi) is 4.40. The van der Waals surface area contributed by atoms with Crippen LogP contribution in [0.3, 0.4) is 0 Å². The summed E-state index contributed by atoms with van der Waals surface area (Å²) in [5, 5.41) is 13.4. The third kappa shape index (κ3) is 3.18. The zero-order valence-electron chi connectivity index (χ0n) is 13.6. The van der Waals surface area contributed by atoms with Crippen LogP contribution in [0.1, 0.15) is 11.1 Å². The molecule has 4 aromatic rings. The molecular weight excluding hydrogens is 373 g/mol. The van der Waals surface area contributed by atoms with Crippen LogP contribution in [-0.2, 0) is 13.1 Å². The molecule has 2 aromatic heterocycles. The summed E-state index contributed by atoms with van der Waals surface area (Å²) in [5.41, 5.74) is 12.0. The van der Waals surface area contributed by atoms with E-state index in [-0.39, 0.29) is 5.95 Å². The normalized spacial score (nSPS) is 11.2. The molecule has 0 aliphatic carbocycles. The van der Waals surface area contributed by atoms with Crippen molar-refractivity contribution in [3.63, 3.8) is 0 Å². The molecule has 0 aliphatic rings. The monoisotopic (exact) mass is 387 g/mol. The Bertz CT molecular complexity index is 1070. The van der Waals surface area contributed by atoms with Crippen molar-refractivity contribution in [1.82, 2.24) is 24.9 Å². The number of nitrogens with two attached hydrogens (primary N) is 1. The maximum absolute atomic E-state index is 6.33. The van der Waals surface area contributed by atoms with E-state index in [1.807, 2.05) is 24.3 Å². The molecule has 2 aromatic carbocycles. The van der Waals surface area contributed by atoms with Gasteiger partial charge in [-0.2, -0.15) is 0 Å². The van der Waals surface area contributed by atoms with Gasteiger partial charge in [-0.1, -0.05) is 52.6 Å². The van der Waals surface area contributed by atoms with Crippen molar-refractivity contribution in [1.29, 1.82) is 0 Å². The van der Waals surface area contributed by atoms with E-state index in [4.69, 9.17) is 28.9 Å². The lowest BCUT2D eigenvalue weighted by atomic mass is 10.2. The van der Waals surface area contributed by atoms with Crippen LogP contribution in [0, 0.1) is 0 Å². The fourth-order valence-electron chi connectivity index (χ4n) is 2.89. The van der Waals surface area contributed by atoms with Gasteiger partial charge in [-0.15, -0.1) is 4.79 Å². The Morgan fingerprint density at radius 3 is 2.69 bits per heavy atom. The highest BCUT2D eigenvalue weighted by molar-refractivity contribution is 6.35. The van der Waals surface area contributed by atoms with Crippen molar-refractivity contribution in [2.45, 2.75) is 13.1 Å². The van der Waals surface area contributed by atoms with Crippen molar-refractivity contribution < 1.29 is 0 Å². The van der Waals surface area contributed by atoms with Crippen molar-refractivity contribution >= 4 is 40.1 Å². The number of anilines is 1. The van der Waals surface area contributed by atoms with Gasteiger partial charge in [-0.05, 0) is 39.8 Å². The van der Waals surface area contributed by atoms with Crippen molar-refractivity contribution in [3.8, 4) is 0 Å². The number of tetrazole rings is 1. The zero-order chi connectivity index (χ0) is 18.1. The summed E-state index contributed by atoms with van der Waals surface area (Å²) < 4.78 is 2.16. The molecule has 0 saturated heterocycles. The first kappa shape index (κ1) is 16.7. The molecule has 0 radical (unpaired) electrons. The smallest absolute Gasteiger partial charge is 0.260 e. The molecule has 0 bridgehead atoms. The van der Waals surface area contributed by atoms with E-state index in [0.717, 1.165) is 22.0 Å². The van der Waals surface area contributed by atoms with E-state index in [0.29, 0.717) is 23.1 Å². The predicted octanol–water partition coefficient (Wildman–Crippen LogP) is 3.31. The molecule has 0 amide bonds. The van der Waals surface area contributed by atoms with Gasteiger partial charge in [0.1, 0.15) is 0 Å². The minimum atomic E-state index is 0.210. The first-order valence-electron chi connectivity index (χ1n) is 7.90. The molecule has 0 spiro atoms. The molecule has 2 heterocycles. The Balaban J connectivity index is 1.66. The number of rotatable bonds is 5. The summed E-state index contributed by atoms with van der Waals surface area (Å²) in [6.07, 6.45) is 2.09. The van der Waals surface area contributed by atoms with Gasteiger partial charge in [0.05, 0.1) is 6.54 Å². The molecule has 9 heteroatoms. The second kappa shape index (κ2) is 6.86. The van der Waals surface area contributed by atoms with Gasteiger partial charge in [0, 0.05) is 33.7 Å². The number of nitrogens with zero attached hydrogens (tertiary/aromatic N) is 5. The summed E-state index contributed by atoms with van der Waals surface area (Å²) in [7, 11) is 0. The van der Waals surface area contributed by atoms with E-state index in [9.17, 15) is 0 Å². The van der Waals surface area contributed by atoms with Crippen molar-refractivity contribution in [3.05, 3.63) is 69.8 Å². The summed E-state index contributed by atoms with van der Waals surface area (Å²) in [6, 6.07) is 13.7. The first-order valence-corrected chi connectivity index (χ1v) is 8.66. The van der Waals surface area contributed by atoms with Gasteiger partial charge in [0.15, 0.2) is 0 Å². The standard InChI is InChI=1S/C17H15Cl2N7/c18-13-6-5-11(15(19)7-13)9-25-10-12(14-3-1-2-4-16(14)25)8-21-26-17(20)22-23-24-26/h1-7,10,21H,8-9H2,(H2,20,22,24). The summed E-state index contributed by atoms with van der Waals surface area (Å²) in [5.74, 6) is 0.210. The van der Waals surface area contributed by atoms with Crippen LogP contribution in [0.4, 0.5) is 5.95 Å². The summed E-state index contributed by atoms with van der Waals surface area (Å²) >= 11 is 12.3. The average Bonchev–Trinajstić information content (AvgIpc) is 3.19. The lowest BCUT2D eigenvalue weighted by Gasteiger charge is -2.08. The van der Waals surface area contributed by atoms with Gasteiger partial charge >= 0.3 is 0 Å². The molecule has 132 valence electrons. The highest BCUT2D eigenvalue weighted by atomic mass is 35.5. The Labute approximate surface area is 159 Å². The molecule has 4 rings (SSSR count). The second-order valence-corrected chi connectivity index (χ2v) is 6.66. The van der Waals surface area contributed by atoms with Crippen LogP contribution in [0.25, 0.3) is 10.9 Å². The van der Waals surface area contributed by atoms with Gasteiger partial charge in [0.25, 0.3) is 5.95 Å². The van der Waals surface area contributed by atoms with E-state index < -0.39 is 0 Å². The van der Waals surface area contributed by atoms with Crippen molar-refractivity contribution in [2.75, 3.05) is 11.2 Å². The Hall–Kier alpha value is -2.77. The topological polar surface area (TPSA) is 86.6 Å². The number of halogens is 2. The van der Waals surface area contributed by atoms with E-state index >= 15 is 0 Å². The van der Waals surface area contributed by atoms with Crippen LogP contribution >= 0.6 is 23.2 Å². The van der Waals surface area contributed by atoms with Gasteiger partial charge in [0.2, 0.25) is 0 Å². The zero-order valence-corrected chi connectivity index (χ0v) is 15.1. The maximum atomic E-state index is 6.33. The lowest BCUT2D eigenvalue weighted by Crippen LogP contribution is -2.18. The number of hydrogen-bond donors (Lipinski definition) is 2. The summed E-state index contributed by atoms with van der Waals surface area (Å²) in [6.45, 7) is 1.17. The predicted molar refractivity (Wildman–Crippen MR) is 103 cm³/mol. The van der Waals surface area contributed by atoms with E-state index in [2.05, 4.69) is 43.8 Å². The Morgan fingerprint density at radius 2 is 1.92 bits per heavy atom. The highest BCUT2D eigenvalue weighted by Crippen LogP contribution is 2.26. The second-order valence-electron chi connectivity index (χ2n) is 5.82. The minimum absolute atomic E-state index is 0.210. The minimum Gasteiger partial charge on any atom is -0.365 e. The third-order valence-electron chi connectivity index (χ3n) is 4.14. The molecule has 0 saturated carbocycles. The number of para-hydroxylation sites is 1. The number of nitrogen functional groups attached to an aromatic ring is 1. The molecule has 26 heavy (non-hydrogen) atoms. The SMILES string of the molecule is Nc1nnnn1NCc1cn(Cc2ccc(Cl)cc2Cl)c2ccccc12. The van der Waals surface area contributed by atoms with E-state index in [1.165, 1.54) is 4.79 Å². The van der Waals surface area contributed by atoms with E-state index in [1.54, 1.807) is 6.07 Å². The number of hydrogen-bond acceptors (Lipinski definition) is 5. The van der Waals surface area contributed by atoms with Crippen LogP contribution in [0.15, 0.2) is 48.7 Å². The molecule has 0 atom stereocenters. The van der Waals surface area contributed by atoms with Gasteiger partial charge in [-0.25, -0.2) is 0 Å². The highest BCUT2D eigenvalue weighted by Gasteiger charge is 2.11. The molecule has 0 fully saturated rings. The van der Waals surface area contributed by atoms with Crippen LogP contribution in [0.2, 0.25) is 10.0 Å². The van der Waals surface area contributed by atoms with Crippen LogP contribution in [0.5, 0.6) is 0 Å². The van der Waals surface area contributed by atoms with Crippen LogP contribution < -0.4 is 11.2 Å². The van der Waals surface area contributed by atoms with Gasteiger partial charge in [-0.3, -0.25) is 0 Å². The first-order chi connectivity index (χ1) is 12.6. The third-order valence-corrected chi connectivity index (χ3v) is 4.73. The number of fused-ring (bicyclic) bond motifs is 1. The average molecular weight is 388 g/mol. The quantitative estimate of drug-likeness (QED) is 0.548. The fraction of sp³-hybridized carbons (Fsp3) is 0.118. The number of nitrogens with one attached hydrogen (secondary N) is 1. The lowest BCUT2D eigenvalue weighted by molar-refractivity contribution is 0.693. The summed E-state index contributed by atoms with van der Waals surface area (Å²) in [4.78, 5) is 1.35. The largest absolute Gasteiger partial charge is 0.365 e. The molecule has 3 N–H and O–H groups in total. The number of aromatic nitrogens is 5. The molecule has 0 unspecified atom stereocenters.